The Morgan fingerprint density at radius 1 is 1.05 bits per heavy atom. The van der Waals surface area contributed by atoms with Crippen molar-refractivity contribution in [2.24, 2.45) is 0 Å². The van der Waals surface area contributed by atoms with Crippen LogP contribution in [-0.2, 0) is 0 Å². The lowest BCUT2D eigenvalue weighted by Gasteiger charge is -2.17. The van der Waals surface area contributed by atoms with Crippen molar-refractivity contribution in [1.29, 1.82) is 0 Å². The van der Waals surface area contributed by atoms with Gasteiger partial charge in [-0.15, -0.1) is 0 Å². The number of ether oxygens (including phenoxy) is 1. The van der Waals surface area contributed by atoms with Gasteiger partial charge in [0.2, 0.25) is 0 Å². The Bertz CT molecular complexity index is 653. The second-order valence-corrected chi connectivity index (χ2v) is 5.81. The van der Waals surface area contributed by atoms with Crippen molar-refractivity contribution in [2.45, 2.75) is 26.9 Å². The molecule has 0 saturated heterocycles. The van der Waals surface area contributed by atoms with E-state index in [1.807, 2.05) is 39.0 Å². The summed E-state index contributed by atoms with van der Waals surface area (Å²) in [6.07, 6.45) is -0.814. The number of hydrogen-bond acceptors (Lipinski definition) is 2. The van der Waals surface area contributed by atoms with Gasteiger partial charge in [-0.1, -0.05) is 47.0 Å². The van der Waals surface area contributed by atoms with E-state index in [9.17, 15) is 5.11 Å². The van der Waals surface area contributed by atoms with Gasteiger partial charge in [0, 0.05) is 11.6 Å². The van der Waals surface area contributed by atoms with Crippen LogP contribution in [0.5, 0.6) is 5.75 Å². The van der Waals surface area contributed by atoms with E-state index < -0.39 is 6.10 Å². The van der Waals surface area contributed by atoms with Gasteiger partial charge >= 0.3 is 0 Å². The molecule has 2 rings (SSSR count). The van der Waals surface area contributed by atoms with Crippen LogP contribution >= 0.6 is 23.2 Å². The van der Waals surface area contributed by atoms with Gasteiger partial charge in [0.1, 0.15) is 11.9 Å². The molecule has 0 amide bonds. The molecule has 21 heavy (non-hydrogen) atoms. The Balaban J connectivity index is 2.43. The highest BCUT2D eigenvalue weighted by atomic mass is 35.5. The summed E-state index contributed by atoms with van der Waals surface area (Å²) in [5.74, 6) is 0.528. The Morgan fingerprint density at radius 3 is 2.38 bits per heavy atom. The van der Waals surface area contributed by atoms with Crippen molar-refractivity contribution in [2.75, 3.05) is 6.61 Å². The van der Waals surface area contributed by atoms with E-state index in [0.717, 1.165) is 16.7 Å². The van der Waals surface area contributed by atoms with Crippen LogP contribution in [0, 0.1) is 13.8 Å². The van der Waals surface area contributed by atoms with Crippen LogP contribution in [0.2, 0.25) is 10.0 Å². The third kappa shape index (κ3) is 3.52. The van der Waals surface area contributed by atoms with Crippen LogP contribution in [0.3, 0.4) is 0 Å². The van der Waals surface area contributed by atoms with Crippen LogP contribution in [0.25, 0.3) is 0 Å². The quantitative estimate of drug-likeness (QED) is 0.848. The molecule has 0 heterocycles. The van der Waals surface area contributed by atoms with E-state index in [-0.39, 0.29) is 0 Å². The predicted octanol–water partition coefficient (Wildman–Crippen LogP) is 5.09. The normalized spacial score (nSPS) is 12.3. The zero-order valence-electron chi connectivity index (χ0n) is 12.3. The van der Waals surface area contributed by atoms with Crippen LogP contribution in [0.4, 0.5) is 0 Å². The molecule has 0 aliphatic rings. The first-order valence-electron chi connectivity index (χ1n) is 6.81. The van der Waals surface area contributed by atoms with Crippen LogP contribution < -0.4 is 4.74 Å². The van der Waals surface area contributed by atoms with Gasteiger partial charge < -0.3 is 9.84 Å². The largest absolute Gasteiger partial charge is 0.492 e. The van der Waals surface area contributed by atoms with Crippen molar-refractivity contribution in [3.05, 3.63) is 62.6 Å². The molecule has 0 spiro atoms. The molecule has 0 aromatic heterocycles. The molecule has 2 aromatic carbocycles. The lowest BCUT2D eigenvalue weighted by atomic mass is 9.96. The Hall–Kier alpha value is -1.22. The van der Waals surface area contributed by atoms with E-state index in [2.05, 4.69) is 0 Å². The maximum atomic E-state index is 10.6. The second kappa shape index (κ2) is 6.69. The van der Waals surface area contributed by atoms with Crippen molar-refractivity contribution in [1.82, 2.24) is 0 Å². The minimum Gasteiger partial charge on any atom is -0.492 e. The molecule has 2 aromatic rings. The molecule has 0 radical (unpaired) electrons. The second-order valence-electron chi connectivity index (χ2n) is 5.00. The summed E-state index contributed by atoms with van der Waals surface area (Å²) in [6.45, 7) is 6.37. The van der Waals surface area contributed by atoms with Crippen molar-refractivity contribution in [3.8, 4) is 5.75 Å². The molecule has 1 atom stereocenters. The number of aliphatic hydroxyl groups is 1. The smallest absolute Gasteiger partial charge is 0.139 e. The number of aliphatic hydroxyl groups excluding tert-OH is 1. The third-order valence-electron chi connectivity index (χ3n) is 3.37. The molecular weight excluding hydrogens is 307 g/mol. The molecule has 1 unspecified atom stereocenters. The highest BCUT2D eigenvalue weighted by Crippen LogP contribution is 2.37. The van der Waals surface area contributed by atoms with Gasteiger partial charge in [0.25, 0.3) is 0 Å². The Kier molecular flexibility index (Phi) is 5.15. The number of rotatable bonds is 4. The topological polar surface area (TPSA) is 29.5 Å². The summed E-state index contributed by atoms with van der Waals surface area (Å²) in [5, 5.41) is 11.5. The molecule has 2 nitrogen and oxygen atoms in total. The fourth-order valence-electron chi connectivity index (χ4n) is 2.32. The highest BCUT2D eigenvalue weighted by Gasteiger charge is 2.18. The van der Waals surface area contributed by atoms with Gasteiger partial charge in [-0.3, -0.25) is 0 Å². The molecule has 1 N–H and O–H groups in total. The van der Waals surface area contributed by atoms with Gasteiger partial charge in [-0.05, 0) is 38.0 Å². The van der Waals surface area contributed by atoms with Crippen molar-refractivity contribution in [3.63, 3.8) is 0 Å². The predicted molar refractivity (Wildman–Crippen MR) is 87.6 cm³/mol. The highest BCUT2D eigenvalue weighted by molar-refractivity contribution is 6.34. The van der Waals surface area contributed by atoms with E-state index in [4.69, 9.17) is 27.9 Å². The summed E-state index contributed by atoms with van der Waals surface area (Å²) >= 11 is 12.4. The summed E-state index contributed by atoms with van der Waals surface area (Å²) in [7, 11) is 0. The zero-order valence-corrected chi connectivity index (χ0v) is 13.8. The Labute approximate surface area is 135 Å². The SMILES string of the molecule is CCOc1cc(Cl)c(C(O)c2ccc(C)cc2C)cc1Cl. The summed E-state index contributed by atoms with van der Waals surface area (Å²) in [4.78, 5) is 0. The van der Waals surface area contributed by atoms with Gasteiger partial charge in [0.05, 0.1) is 16.7 Å². The molecule has 0 saturated carbocycles. The first-order chi connectivity index (χ1) is 9.93. The monoisotopic (exact) mass is 324 g/mol. The number of halogens is 2. The Morgan fingerprint density at radius 2 is 1.76 bits per heavy atom. The first-order valence-corrected chi connectivity index (χ1v) is 7.56. The minimum absolute atomic E-state index is 0.440. The lowest BCUT2D eigenvalue weighted by molar-refractivity contribution is 0.219. The van der Waals surface area contributed by atoms with Gasteiger partial charge in [0.15, 0.2) is 0 Å². The average molecular weight is 325 g/mol. The van der Waals surface area contributed by atoms with Gasteiger partial charge in [-0.25, -0.2) is 0 Å². The summed E-state index contributed by atoms with van der Waals surface area (Å²) < 4.78 is 5.40. The van der Waals surface area contributed by atoms with Crippen LogP contribution in [-0.4, -0.2) is 11.7 Å². The molecule has 4 heteroatoms. The zero-order chi connectivity index (χ0) is 15.6. The number of hydrogen-bond donors (Lipinski definition) is 1. The molecule has 112 valence electrons. The van der Waals surface area contributed by atoms with E-state index in [1.165, 1.54) is 0 Å². The minimum atomic E-state index is -0.814. The fourth-order valence-corrected chi connectivity index (χ4v) is 2.80. The van der Waals surface area contributed by atoms with Gasteiger partial charge in [-0.2, -0.15) is 0 Å². The van der Waals surface area contributed by atoms with Crippen molar-refractivity contribution >= 4 is 23.2 Å². The van der Waals surface area contributed by atoms with E-state index in [1.54, 1.807) is 12.1 Å². The average Bonchev–Trinajstić information content (AvgIpc) is 2.42. The maximum absolute atomic E-state index is 10.6. The lowest BCUT2D eigenvalue weighted by Crippen LogP contribution is -2.04. The van der Waals surface area contributed by atoms with Crippen molar-refractivity contribution < 1.29 is 9.84 Å². The third-order valence-corrected chi connectivity index (χ3v) is 3.99. The number of benzene rings is 2. The van der Waals surface area contributed by atoms with E-state index >= 15 is 0 Å². The molecule has 0 fully saturated rings. The van der Waals surface area contributed by atoms with Crippen LogP contribution in [0.1, 0.15) is 35.3 Å². The van der Waals surface area contributed by atoms with Crippen LogP contribution in [0.15, 0.2) is 30.3 Å². The molecular formula is C17H18Cl2O2. The summed E-state index contributed by atoms with van der Waals surface area (Å²) in [5.41, 5.74) is 3.57. The first kappa shape index (κ1) is 16.2. The molecule has 0 bridgehead atoms. The summed E-state index contributed by atoms with van der Waals surface area (Å²) in [6, 6.07) is 9.22. The van der Waals surface area contributed by atoms with E-state index in [0.29, 0.717) is 28.0 Å². The molecule has 0 aliphatic heterocycles. The number of aryl methyl sites for hydroxylation is 2. The fraction of sp³-hybridized carbons (Fsp3) is 0.294. The standard InChI is InChI=1S/C17H18Cl2O2/c1-4-21-16-9-14(18)13(8-15(16)19)17(20)12-6-5-10(2)7-11(12)3/h5-9,17,20H,4H2,1-3H3. The molecule has 0 aliphatic carbocycles. The maximum Gasteiger partial charge on any atom is 0.139 e.